The number of fused-ring (bicyclic) bond motifs is 1. The third-order valence-electron chi connectivity index (χ3n) is 3.26. The van der Waals surface area contributed by atoms with Crippen LogP contribution in [-0.4, -0.2) is 17.1 Å². The zero-order valence-corrected chi connectivity index (χ0v) is 11.1. The first kappa shape index (κ1) is 13.4. The Kier molecular flexibility index (Phi) is 4.39. The van der Waals surface area contributed by atoms with Gasteiger partial charge in [0.05, 0.1) is 0 Å². The molecule has 0 spiro atoms. The summed E-state index contributed by atoms with van der Waals surface area (Å²) in [6.45, 7) is 2.07. The highest BCUT2D eigenvalue weighted by atomic mass is 16.4. The number of rotatable bonds is 6. The molecule has 2 rings (SSSR count). The van der Waals surface area contributed by atoms with Crippen LogP contribution in [0.5, 0.6) is 0 Å². The van der Waals surface area contributed by atoms with Gasteiger partial charge in [-0.15, -0.1) is 0 Å². The summed E-state index contributed by atoms with van der Waals surface area (Å²) in [5, 5.41) is 14.6. The summed E-state index contributed by atoms with van der Waals surface area (Å²) in [5.74, 6) is -0.790. The van der Waals surface area contributed by atoms with Gasteiger partial charge >= 0.3 is 5.97 Å². The molecule has 2 aromatic carbocycles. The van der Waals surface area contributed by atoms with Crippen molar-refractivity contribution in [3.05, 3.63) is 42.5 Å². The van der Waals surface area contributed by atoms with Gasteiger partial charge in [0.2, 0.25) is 0 Å². The molecule has 0 saturated carbocycles. The van der Waals surface area contributed by atoms with Crippen LogP contribution in [0.25, 0.3) is 10.8 Å². The number of carboxylic acid groups (broad SMARTS) is 1. The van der Waals surface area contributed by atoms with Crippen LogP contribution in [0.4, 0.5) is 5.69 Å². The van der Waals surface area contributed by atoms with Crippen LogP contribution in [-0.2, 0) is 4.79 Å². The van der Waals surface area contributed by atoms with Crippen molar-refractivity contribution in [2.24, 2.45) is 0 Å². The van der Waals surface area contributed by atoms with Crippen molar-refractivity contribution in [1.29, 1.82) is 0 Å². The molecule has 0 fully saturated rings. The molecule has 0 amide bonds. The van der Waals surface area contributed by atoms with E-state index in [0.717, 1.165) is 29.3 Å². The minimum absolute atomic E-state index is 0.522. The van der Waals surface area contributed by atoms with E-state index in [9.17, 15) is 9.90 Å². The molecule has 0 heterocycles. The maximum atomic E-state index is 11.3. The number of unbranched alkanes of at least 4 members (excludes halogenated alkanes) is 1. The van der Waals surface area contributed by atoms with E-state index in [0.29, 0.717) is 6.42 Å². The molecule has 3 heteroatoms. The van der Waals surface area contributed by atoms with Gasteiger partial charge < -0.3 is 10.4 Å². The van der Waals surface area contributed by atoms with Crippen LogP contribution in [0.2, 0.25) is 0 Å². The molecular weight excluding hydrogens is 238 g/mol. The summed E-state index contributed by atoms with van der Waals surface area (Å²) < 4.78 is 0. The van der Waals surface area contributed by atoms with Gasteiger partial charge in [-0.1, -0.05) is 56.2 Å². The van der Waals surface area contributed by atoms with E-state index in [1.54, 1.807) is 0 Å². The zero-order valence-electron chi connectivity index (χ0n) is 11.1. The monoisotopic (exact) mass is 257 g/mol. The van der Waals surface area contributed by atoms with Crippen molar-refractivity contribution in [2.75, 3.05) is 5.32 Å². The molecule has 19 heavy (non-hydrogen) atoms. The Morgan fingerprint density at radius 2 is 1.95 bits per heavy atom. The van der Waals surface area contributed by atoms with E-state index >= 15 is 0 Å². The summed E-state index contributed by atoms with van der Waals surface area (Å²) in [4.78, 5) is 11.3. The van der Waals surface area contributed by atoms with E-state index in [2.05, 4.69) is 12.2 Å². The third-order valence-corrected chi connectivity index (χ3v) is 3.26. The van der Waals surface area contributed by atoms with Crippen LogP contribution in [0.15, 0.2) is 42.5 Å². The number of benzene rings is 2. The average molecular weight is 257 g/mol. The predicted molar refractivity (Wildman–Crippen MR) is 78.5 cm³/mol. The Hall–Kier alpha value is -2.03. The summed E-state index contributed by atoms with van der Waals surface area (Å²) >= 11 is 0. The summed E-state index contributed by atoms with van der Waals surface area (Å²) in [7, 11) is 0. The molecule has 100 valence electrons. The molecular formula is C16H19NO2. The second kappa shape index (κ2) is 6.23. The van der Waals surface area contributed by atoms with Crippen molar-refractivity contribution < 1.29 is 9.90 Å². The SMILES string of the molecule is CCCCC(Nc1cccc2ccccc12)C(=O)O. The van der Waals surface area contributed by atoms with Gasteiger partial charge in [-0.3, -0.25) is 0 Å². The number of nitrogens with one attached hydrogen (secondary N) is 1. The molecule has 0 radical (unpaired) electrons. The zero-order chi connectivity index (χ0) is 13.7. The van der Waals surface area contributed by atoms with Crippen molar-refractivity contribution in [2.45, 2.75) is 32.2 Å². The molecule has 0 bridgehead atoms. The highest BCUT2D eigenvalue weighted by Gasteiger charge is 2.17. The normalized spacial score (nSPS) is 12.3. The lowest BCUT2D eigenvalue weighted by molar-refractivity contribution is -0.138. The molecule has 1 atom stereocenters. The minimum Gasteiger partial charge on any atom is -0.480 e. The summed E-state index contributed by atoms with van der Waals surface area (Å²) in [5.41, 5.74) is 0.890. The van der Waals surface area contributed by atoms with Crippen molar-refractivity contribution in [3.63, 3.8) is 0 Å². The first-order chi connectivity index (χ1) is 9.22. The van der Waals surface area contributed by atoms with Gasteiger partial charge in [0.15, 0.2) is 0 Å². The Bertz CT molecular complexity index is 560. The molecule has 1 unspecified atom stereocenters. The van der Waals surface area contributed by atoms with Crippen LogP contribution < -0.4 is 5.32 Å². The topological polar surface area (TPSA) is 49.3 Å². The summed E-state index contributed by atoms with van der Waals surface area (Å²) in [6.07, 6.45) is 2.56. The number of hydrogen-bond donors (Lipinski definition) is 2. The first-order valence-corrected chi connectivity index (χ1v) is 6.69. The highest BCUT2D eigenvalue weighted by Crippen LogP contribution is 2.24. The largest absolute Gasteiger partial charge is 0.480 e. The first-order valence-electron chi connectivity index (χ1n) is 6.69. The van der Waals surface area contributed by atoms with E-state index in [-0.39, 0.29) is 0 Å². The lowest BCUT2D eigenvalue weighted by Crippen LogP contribution is -2.29. The van der Waals surface area contributed by atoms with Crippen molar-refractivity contribution in [1.82, 2.24) is 0 Å². The van der Waals surface area contributed by atoms with Crippen LogP contribution in [0.1, 0.15) is 26.2 Å². The molecule has 2 N–H and O–H groups in total. The van der Waals surface area contributed by atoms with Gasteiger partial charge in [0.1, 0.15) is 6.04 Å². The molecule has 0 aliphatic heterocycles. The van der Waals surface area contributed by atoms with Crippen LogP contribution >= 0.6 is 0 Å². The standard InChI is InChI=1S/C16H19NO2/c1-2-3-10-15(16(18)19)17-14-11-6-8-12-7-4-5-9-13(12)14/h4-9,11,15,17H,2-3,10H2,1H3,(H,18,19). The number of carbonyl (C=O) groups is 1. The fourth-order valence-corrected chi connectivity index (χ4v) is 2.20. The van der Waals surface area contributed by atoms with E-state index in [1.165, 1.54) is 0 Å². The Morgan fingerprint density at radius 1 is 1.21 bits per heavy atom. The molecule has 0 aliphatic carbocycles. The van der Waals surface area contributed by atoms with E-state index < -0.39 is 12.0 Å². The maximum absolute atomic E-state index is 11.3. The fourth-order valence-electron chi connectivity index (χ4n) is 2.20. The molecule has 3 nitrogen and oxygen atoms in total. The van der Waals surface area contributed by atoms with E-state index in [1.807, 2.05) is 42.5 Å². The number of aliphatic carboxylic acids is 1. The van der Waals surface area contributed by atoms with Gasteiger partial charge in [-0.25, -0.2) is 4.79 Å². The van der Waals surface area contributed by atoms with Gasteiger partial charge in [0, 0.05) is 11.1 Å². The molecule has 2 aromatic rings. The lowest BCUT2D eigenvalue weighted by Gasteiger charge is -2.17. The van der Waals surface area contributed by atoms with E-state index in [4.69, 9.17) is 0 Å². The second-order valence-corrected chi connectivity index (χ2v) is 4.70. The molecule has 0 saturated heterocycles. The minimum atomic E-state index is -0.790. The van der Waals surface area contributed by atoms with Crippen LogP contribution in [0.3, 0.4) is 0 Å². The van der Waals surface area contributed by atoms with Gasteiger partial charge in [-0.05, 0) is 17.9 Å². The summed E-state index contributed by atoms with van der Waals surface area (Å²) in [6, 6.07) is 13.4. The smallest absolute Gasteiger partial charge is 0.326 e. The van der Waals surface area contributed by atoms with Crippen LogP contribution in [0, 0.1) is 0 Å². The molecule has 0 aromatic heterocycles. The fraction of sp³-hybridized carbons (Fsp3) is 0.312. The highest BCUT2D eigenvalue weighted by molar-refractivity contribution is 5.95. The second-order valence-electron chi connectivity index (χ2n) is 4.70. The van der Waals surface area contributed by atoms with Gasteiger partial charge in [0.25, 0.3) is 0 Å². The number of anilines is 1. The average Bonchev–Trinajstić information content (AvgIpc) is 2.43. The van der Waals surface area contributed by atoms with Crippen molar-refractivity contribution in [3.8, 4) is 0 Å². The number of carboxylic acids is 1. The number of hydrogen-bond acceptors (Lipinski definition) is 2. The van der Waals surface area contributed by atoms with Crippen molar-refractivity contribution >= 4 is 22.4 Å². The lowest BCUT2D eigenvalue weighted by atomic mass is 10.1. The predicted octanol–water partition coefficient (Wildman–Crippen LogP) is 3.90. The maximum Gasteiger partial charge on any atom is 0.326 e. The third kappa shape index (κ3) is 3.25. The Morgan fingerprint density at radius 3 is 2.68 bits per heavy atom. The Labute approximate surface area is 113 Å². The Balaban J connectivity index is 2.26. The molecule has 0 aliphatic rings. The van der Waals surface area contributed by atoms with Gasteiger partial charge in [-0.2, -0.15) is 0 Å². The quantitative estimate of drug-likeness (QED) is 0.825.